The summed E-state index contributed by atoms with van der Waals surface area (Å²) in [6.07, 6.45) is 12.9. The predicted molar refractivity (Wildman–Crippen MR) is 98.2 cm³/mol. The van der Waals surface area contributed by atoms with Gasteiger partial charge >= 0.3 is 0 Å². The fourth-order valence-corrected chi connectivity index (χ4v) is 1.03. The Bertz CT molecular complexity index is 68.1. The predicted octanol–water partition coefficient (Wildman–Crippen LogP) is 8.42. The Morgan fingerprint density at radius 2 is 0.789 bits per heavy atom. The first-order valence-electron chi connectivity index (χ1n) is 8.94. The van der Waals surface area contributed by atoms with E-state index >= 15 is 0 Å². The Kier molecular flexibility index (Phi) is 107. The Balaban J connectivity index is -0.0000000549. The first kappa shape index (κ1) is 31.2. The lowest BCUT2D eigenvalue weighted by molar-refractivity contribution is 0.602. The van der Waals surface area contributed by atoms with Crippen molar-refractivity contribution in [2.24, 2.45) is 0 Å². The lowest BCUT2D eigenvalue weighted by Crippen LogP contribution is -1.76. The summed E-state index contributed by atoms with van der Waals surface area (Å²) in [6, 6.07) is 0. The van der Waals surface area contributed by atoms with Gasteiger partial charge in [-0.05, 0) is 6.42 Å². The quantitative estimate of drug-likeness (QED) is 0.323. The van der Waals surface area contributed by atoms with Crippen LogP contribution in [0.2, 0.25) is 0 Å². The molecule has 19 heavy (non-hydrogen) atoms. The van der Waals surface area contributed by atoms with Crippen LogP contribution in [-0.2, 0) is 0 Å². The number of hydrogen-bond donors (Lipinski definition) is 0. The first-order valence-corrected chi connectivity index (χ1v) is 8.94. The van der Waals surface area contributed by atoms with Gasteiger partial charge in [0.25, 0.3) is 0 Å². The number of unbranched alkanes of at least 4 members (excludes halogenated alkanes) is 6. The second-order valence-corrected chi connectivity index (χ2v) is 3.46. The maximum atomic E-state index is 3.48. The monoisotopic (exact) mass is 274 g/mol. The van der Waals surface area contributed by atoms with Gasteiger partial charge in [0.1, 0.15) is 0 Å². The van der Waals surface area contributed by atoms with E-state index in [9.17, 15) is 0 Å². The Morgan fingerprint density at radius 1 is 0.579 bits per heavy atom. The normalized spacial score (nSPS) is 7.00. The zero-order chi connectivity index (χ0) is 16.4. The van der Waals surface area contributed by atoms with Crippen LogP contribution in [0.5, 0.6) is 0 Å². The molecule has 0 nitrogen and oxygen atoms in total. The summed E-state index contributed by atoms with van der Waals surface area (Å²) in [5.74, 6) is 0. The van der Waals surface area contributed by atoms with Crippen LogP contribution >= 0.6 is 0 Å². The van der Waals surface area contributed by atoms with Crippen LogP contribution in [0.25, 0.3) is 0 Å². The molecule has 0 aliphatic heterocycles. The lowest BCUT2D eigenvalue weighted by Gasteiger charge is -1.96. The molecule has 0 aromatic carbocycles. The van der Waals surface area contributed by atoms with E-state index in [2.05, 4.69) is 27.4 Å². The van der Waals surface area contributed by atoms with Crippen molar-refractivity contribution in [3.63, 3.8) is 0 Å². The van der Waals surface area contributed by atoms with E-state index in [0.717, 1.165) is 6.42 Å². The van der Waals surface area contributed by atoms with Gasteiger partial charge in [0.05, 0.1) is 0 Å². The highest BCUT2D eigenvalue weighted by molar-refractivity contribution is 4.60. The van der Waals surface area contributed by atoms with Crippen molar-refractivity contribution in [2.75, 3.05) is 0 Å². The fourth-order valence-electron chi connectivity index (χ4n) is 1.03. The third-order valence-corrected chi connectivity index (χ3v) is 2.00. The van der Waals surface area contributed by atoms with E-state index in [1.165, 1.54) is 44.9 Å². The summed E-state index contributed by atoms with van der Waals surface area (Å²) in [5.41, 5.74) is 0. The van der Waals surface area contributed by atoms with Crippen molar-refractivity contribution in [1.82, 2.24) is 0 Å². The average Bonchev–Trinajstić information content (AvgIpc) is 2.53. The van der Waals surface area contributed by atoms with Crippen molar-refractivity contribution >= 4 is 0 Å². The van der Waals surface area contributed by atoms with Crippen LogP contribution in [0, 0.1) is 0 Å². The number of rotatable bonds is 7. The van der Waals surface area contributed by atoms with Crippen LogP contribution in [-0.4, -0.2) is 0 Å². The molecule has 0 aromatic heterocycles. The smallest absolute Gasteiger partial charge is 0.0382 e. The van der Waals surface area contributed by atoms with E-state index in [1.807, 2.05) is 47.6 Å². The molecule has 0 atom stereocenters. The van der Waals surface area contributed by atoms with Gasteiger partial charge in [-0.3, -0.25) is 0 Å². The van der Waals surface area contributed by atoms with Gasteiger partial charge in [-0.25, -0.2) is 0 Å². The first-order chi connectivity index (χ1) is 9.33. The minimum atomic E-state index is 1.08. The molecule has 0 heterocycles. The summed E-state index contributed by atoms with van der Waals surface area (Å²) < 4.78 is 0. The van der Waals surface area contributed by atoms with Gasteiger partial charge in [-0.15, -0.1) is 6.58 Å². The van der Waals surface area contributed by atoms with Gasteiger partial charge in [-0.1, -0.05) is 113 Å². The number of hydrogen-bond acceptors (Lipinski definition) is 0. The molecular weight excluding hydrogens is 228 g/mol. The van der Waals surface area contributed by atoms with Crippen LogP contribution in [0.15, 0.2) is 12.7 Å². The SMILES string of the molecule is C=CCC.CC.CC.CC.CCCCCCCCC. The highest BCUT2D eigenvalue weighted by Gasteiger charge is 1.85. The zero-order valence-electron chi connectivity index (χ0n) is 15.9. The van der Waals surface area contributed by atoms with Crippen molar-refractivity contribution in [3.8, 4) is 0 Å². The van der Waals surface area contributed by atoms with Crippen LogP contribution in [0.1, 0.15) is 114 Å². The second-order valence-electron chi connectivity index (χ2n) is 3.46. The van der Waals surface area contributed by atoms with Gasteiger partial charge < -0.3 is 0 Å². The molecule has 0 unspecified atom stereocenters. The Labute approximate surface area is 127 Å². The minimum Gasteiger partial charge on any atom is -0.103 e. The summed E-state index contributed by atoms with van der Waals surface area (Å²) in [7, 11) is 0. The minimum absolute atomic E-state index is 1.08. The molecule has 0 heteroatoms. The van der Waals surface area contributed by atoms with E-state index in [1.54, 1.807) is 0 Å². The largest absolute Gasteiger partial charge is 0.103 e. The van der Waals surface area contributed by atoms with Crippen molar-refractivity contribution in [3.05, 3.63) is 12.7 Å². The molecule has 0 saturated heterocycles. The zero-order valence-corrected chi connectivity index (χ0v) is 15.9. The van der Waals surface area contributed by atoms with Crippen LogP contribution < -0.4 is 0 Å². The molecular formula is C19H46. The summed E-state index contributed by atoms with van der Waals surface area (Å²) >= 11 is 0. The molecule has 0 saturated carbocycles. The summed E-state index contributed by atoms with van der Waals surface area (Å²) in [4.78, 5) is 0. The Morgan fingerprint density at radius 3 is 0.947 bits per heavy atom. The topological polar surface area (TPSA) is 0 Å². The second kappa shape index (κ2) is 65.1. The van der Waals surface area contributed by atoms with Crippen LogP contribution in [0.4, 0.5) is 0 Å². The molecule has 0 aliphatic rings. The van der Waals surface area contributed by atoms with E-state index in [-0.39, 0.29) is 0 Å². The molecule has 0 bridgehead atoms. The van der Waals surface area contributed by atoms with Gasteiger partial charge in [0.2, 0.25) is 0 Å². The third-order valence-electron chi connectivity index (χ3n) is 2.00. The van der Waals surface area contributed by atoms with Gasteiger partial charge in [-0.2, -0.15) is 0 Å². The lowest BCUT2D eigenvalue weighted by atomic mass is 10.1. The van der Waals surface area contributed by atoms with Crippen molar-refractivity contribution in [2.45, 2.75) is 114 Å². The highest BCUT2D eigenvalue weighted by atomic mass is 13.9. The molecule has 0 spiro atoms. The third kappa shape index (κ3) is 96.7. The standard InChI is InChI=1S/C9H20.C4H8.3C2H6/c1-3-5-7-9-8-6-4-2;1-3-4-2;3*1-2/h3-9H2,1-2H3;3H,1,4H2,2H3;3*1-2H3. The molecule has 0 rings (SSSR count). The maximum Gasteiger partial charge on any atom is -0.0382 e. The molecule has 0 N–H and O–H groups in total. The van der Waals surface area contributed by atoms with Gasteiger partial charge in [0, 0.05) is 0 Å². The maximum absolute atomic E-state index is 3.48. The van der Waals surface area contributed by atoms with E-state index in [0.29, 0.717) is 0 Å². The highest BCUT2D eigenvalue weighted by Crippen LogP contribution is 2.05. The molecule has 0 fully saturated rings. The summed E-state index contributed by atoms with van der Waals surface area (Å²) in [5, 5.41) is 0. The van der Waals surface area contributed by atoms with E-state index < -0.39 is 0 Å². The molecule has 0 radical (unpaired) electrons. The van der Waals surface area contributed by atoms with Gasteiger partial charge in [0.15, 0.2) is 0 Å². The number of allylic oxidation sites excluding steroid dienone is 1. The van der Waals surface area contributed by atoms with Crippen LogP contribution in [0.3, 0.4) is 0 Å². The van der Waals surface area contributed by atoms with Crippen molar-refractivity contribution in [1.29, 1.82) is 0 Å². The molecule has 0 aliphatic carbocycles. The Hall–Kier alpha value is -0.260. The average molecular weight is 275 g/mol. The molecule has 0 aromatic rings. The van der Waals surface area contributed by atoms with Crippen molar-refractivity contribution < 1.29 is 0 Å². The van der Waals surface area contributed by atoms with E-state index in [4.69, 9.17) is 0 Å². The molecule has 122 valence electrons. The molecule has 0 amide bonds. The fraction of sp³-hybridized carbons (Fsp3) is 0.895. The summed E-state index contributed by atoms with van der Waals surface area (Å²) in [6.45, 7) is 22.1.